The fraction of sp³-hybridized carbons (Fsp3) is 0.286. The molecule has 106 valence electrons. The summed E-state index contributed by atoms with van der Waals surface area (Å²) in [5, 5.41) is 7.09. The molecule has 0 unspecified atom stereocenters. The first-order chi connectivity index (χ1) is 9.59. The van der Waals surface area contributed by atoms with Crippen molar-refractivity contribution in [2.45, 2.75) is 6.04 Å². The van der Waals surface area contributed by atoms with E-state index >= 15 is 0 Å². The molecule has 6 heteroatoms. The van der Waals surface area contributed by atoms with Crippen molar-refractivity contribution in [1.82, 2.24) is 15.2 Å². The molecule has 1 amide bonds. The van der Waals surface area contributed by atoms with E-state index in [2.05, 4.69) is 26.6 Å². The number of hydrogen-bond acceptors (Lipinski definition) is 4. The van der Waals surface area contributed by atoms with Gasteiger partial charge in [-0.3, -0.25) is 4.79 Å². The number of carbonyl (C=O) groups is 1. The third kappa shape index (κ3) is 3.53. The average Bonchev–Trinajstić information content (AvgIpc) is 2.92. The lowest BCUT2D eigenvalue weighted by atomic mass is 10.1. The van der Waals surface area contributed by atoms with Crippen LogP contribution in [0.4, 0.5) is 0 Å². The van der Waals surface area contributed by atoms with Crippen molar-refractivity contribution < 1.29 is 4.79 Å². The van der Waals surface area contributed by atoms with E-state index in [1.165, 1.54) is 5.56 Å². The van der Waals surface area contributed by atoms with Crippen LogP contribution < -0.4 is 5.32 Å². The second kappa shape index (κ2) is 6.78. The van der Waals surface area contributed by atoms with Gasteiger partial charge in [0.1, 0.15) is 4.64 Å². The number of H-pyrrole nitrogens is 1. The van der Waals surface area contributed by atoms with Crippen molar-refractivity contribution in [3.05, 3.63) is 50.9 Å². The normalized spacial score (nSPS) is 12.3. The fourth-order valence-corrected chi connectivity index (χ4v) is 2.88. The Labute approximate surface area is 127 Å². The van der Waals surface area contributed by atoms with E-state index in [-0.39, 0.29) is 11.9 Å². The summed E-state index contributed by atoms with van der Waals surface area (Å²) in [6.45, 7) is 0.548. The molecule has 2 heterocycles. The minimum atomic E-state index is -0.145. The number of hydrogen-bond donors (Lipinski definition) is 2. The van der Waals surface area contributed by atoms with Gasteiger partial charge in [0, 0.05) is 12.7 Å². The molecule has 0 aliphatic heterocycles. The van der Waals surface area contributed by atoms with E-state index < -0.39 is 0 Å². The van der Waals surface area contributed by atoms with E-state index in [1.807, 2.05) is 19.5 Å². The number of carbonyl (C=O) groups excluding carboxylic acids is 1. The van der Waals surface area contributed by atoms with Gasteiger partial charge in [0.2, 0.25) is 0 Å². The summed E-state index contributed by atoms with van der Waals surface area (Å²) in [5.74, 6) is -0.145. The molecule has 2 aromatic heterocycles. The van der Waals surface area contributed by atoms with Gasteiger partial charge >= 0.3 is 0 Å². The van der Waals surface area contributed by atoms with Crippen molar-refractivity contribution in [2.24, 2.45) is 0 Å². The van der Waals surface area contributed by atoms with Crippen LogP contribution in [0.3, 0.4) is 0 Å². The quantitative estimate of drug-likeness (QED) is 0.835. The molecule has 0 aromatic carbocycles. The van der Waals surface area contributed by atoms with Crippen molar-refractivity contribution >= 4 is 29.5 Å². The molecule has 1 atom stereocenters. The topological polar surface area (TPSA) is 48.1 Å². The van der Waals surface area contributed by atoms with Gasteiger partial charge in [-0.05, 0) is 48.6 Å². The number of amides is 1. The molecule has 2 rings (SSSR count). The second-order valence-corrected chi connectivity index (χ2v) is 5.85. The van der Waals surface area contributed by atoms with Gasteiger partial charge in [-0.1, -0.05) is 12.2 Å². The number of thiophene rings is 1. The van der Waals surface area contributed by atoms with Crippen LogP contribution in [0.15, 0.2) is 35.2 Å². The first-order valence-electron chi connectivity index (χ1n) is 6.24. The zero-order valence-electron chi connectivity index (χ0n) is 11.4. The number of pyridine rings is 1. The molecule has 0 saturated carbocycles. The van der Waals surface area contributed by atoms with Crippen molar-refractivity contribution in [2.75, 3.05) is 20.6 Å². The molecular formula is C14H17N3OS2. The van der Waals surface area contributed by atoms with Crippen LogP contribution in [-0.4, -0.2) is 36.4 Å². The van der Waals surface area contributed by atoms with E-state index in [0.29, 0.717) is 16.7 Å². The molecule has 20 heavy (non-hydrogen) atoms. The summed E-state index contributed by atoms with van der Waals surface area (Å²) in [5.41, 5.74) is 1.71. The summed E-state index contributed by atoms with van der Waals surface area (Å²) >= 11 is 6.77. The lowest BCUT2D eigenvalue weighted by molar-refractivity contribution is 0.0941. The molecule has 0 radical (unpaired) electrons. The molecule has 4 nitrogen and oxygen atoms in total. The third-order valence-electron chi connectivity index (χ3n) is 3.07. The largest absolute Gasteiger partial charge is 0.352 e. The zero-order chi connectivity index (χ0) is 14.5. The number of aromatic nitrogens is 1. The number of nitrogens with one attached hydrogen (secondary N) is 2. The van der Waals surface area contributed by atoms with Gasteiger partial charge in [0.15, 0.2) is 0 Å². The summed E-state index contributed by atoms with van der Waals surface area (Å²) in [6, 6.07) is 5.73. The molecule has 2 aromatic rings. The van der Waals surface area contributed by atoms with Crippen LogP contribution in [0.5, 0.6) is 0 Å². The van der Waals surface area contributed by atoms with Gasteiger partial charge < -0.3 is 15.2 Å². The smallest absolute Gasteiger partial charge is 0.254 e. The predicted molar refractivity (Wildman–Crippen MR) is 84.7 cm³/mol. The Balaban J connectivity index is 2.05. The highest BCUT2D eigenvalue weighted by molar-refractivity contribution is 7.71. The van der Waals surface area contributed by atoms with Crippen LogP contribution >= 0.6 is 23.6 Å². The van der Waals surface area contributed by atoms with Crippen LogP contribution in [0, 0.1) is 4.64 Å². The van der Waals surface area contributed by atoms with Crippen LogP contribution in [0.1, 0.15) is 22.0 Å². The Hall–Kier alpha value is -1.50. The summed E-state index contributed by atoms with van der Waals surface area (Å²) in [7, 11) is 4.01. The Kier molecular flexibility index (Phi) is 5.05. The first kappa shape index (κ1) is 14.9. The Bertz CT molecular complexity index is 619. The highest BCUT2D eigenvalue weighted by Gasteiger charge is 2.16. The molecule has 0 spiro atoms. The van der Waals surface area contributed by atoms with Gasteiger partial charge in [-0.2, -0.15) is 11.3 Å². The minimum absolute atomic E-state index is 0.145. The molecule has 0 fully saturated rings. The minimum Gasteiger partial charge on any atom is -0.352 e. The summed E-state index contributed by atoms with van der Waals surface area (Å²) < 4.78 is 0.460. The highest BCUT2D eigenvalue weighted by Crippen LogP contribution is 2.20. The average molecular weight is 307 g/mol. The van der Waals surface area contributed by atoms with Crippen molar-refractivity contribution in [3.8, 4) is 0 Å². The van der Waals surface area contributed by atoms with Gasteiger partial charge in [0.05, 0.1) is 11.6 Å². The van der Waals surface area contributed by atoms with Crippen LogP contribution in [0.2, 0.25) is 0 Å². The van der Waals surface area contributed by atoms with Crippen LogP contribution in [0.25, 0.3) is 0 Å². The molecule has 0 aliphatic rings. The van der Waals surface area contributed by atoms with E-state index in [1.54, 1.807) is 29.7 Å². The molecule has 0 saturated heterocycles. The lowest BCUT2D eigenvalue weighted by Gasteiger charge is -2.24. The van der Waals surface area contributed by atoms with Gasteiger partial charge in [-0.25, -0.2) is 0 Å². The molecule has 0 bridgehead atoms. The first-order valence-corrected chi connectivity index (χ1v) is 7.59. The Morgan fingerprint density at radius 2 is 2.30 bits per heavy atom. The van der Waals surface area contributed by atoms with Crippen LogP contribution in [-0.2, 0) is 0 Å². The zero-order valence-corrected chi connectivity index (χ0v) is 13.1. The van der Waals surface area contributed by atoms with E-state index in [4.69, 9.17) is 12.2 Å². The maximum Gasteiger partial charge on any atom is 0.254 e. The third-order valence-corrected chi connectivity index (χ3v) is 4.11. The van der Waals surface area contributed by atoms with Gasteiger partial charge in [-0.15, -0.1) is 0 Å². The van der Waals surface area contributed by atoms with Gasteiger partial charge in [0.25, 0.3) is 5.91 Å². The van der Waals surface area contributed by atoms with E-state index in [0.717, 1.165) is 0 Å². The van der Waals surface area contributed by atoms with E-state index in [9.17, 15) is 4.79 Å². The fourth-order valence-electron chi connectivity index (χ4n) is 1.95. The highest BCUT2D eigenvalue weighted by atomic mass is 32.1. The molecule has 0 aliphatic carbocycles. The number of aromatic amines is 1. The maximum atomic E-state index is 12.1. The Morgan fingerprint density at radius 1 is 1.50 bits per heavy atom. The second-order valence-electron chi connectivity index (χ2n) is 4.66. The standard InChI is InChI=1S/C14H17N3OS2/c1-17(2)12(10-5-7-20-9-10)8-16-13(18)11-4-3-6-15-14(11)19/h3-7,9,12H,8H2,1-2H3,(H,15,19)(H,16,18)/t12-/m1/s1. The number of nitrogens with zero attached hydrogens (tertiary/aromatic N) is 1. The van der Waals surface area contributed by atoms with Crippen molar-refractivity contribution in [1.29, 1.82) is 0 Å². The summed E-state index contributed by atoms with van der Waals surface area (Å²) in [4.78, 5) is 17.1. The lowest BCUT2D eigenvalue weighted by Crippen LogP contribution is -2.34. The van der Waals surface area contributed by atoms with Crippen molar-refractivity contribution in [3.63, 3.8) is 0 Å². The summed E-state index contributed by atoms with van der Waals surface area (Å²) in [6.07, 6.45) is 1.72. The maximum absolute atomic E-state index is 12.1. The Morgan fingerprint density at radius 3 is 2.90 bits per heavy atom. The monoisotopic (exact) mass is 307 g/mol. The SMILES string of the molecule is CN(C)[C@H](CNC(=O)c1ccc[nH]c1=S)c1ccsc1. The predicted octanol–water partition coefficient (Wildman–Crippen LogP) is 2.84. The molecular weight excluding hydrogens is 290 g/mol. The number of likely N-dealkylation sites (N-methyl/N-ethyl adjacent to an activating group) is 1. The molecule has 2 N–H and O–H groups in total. The number of rotatable bonds is 5.